The van der Waals surface area contributed by atoms with Crippen molar-refractivity contribution in [2.24, 2.45) is 5.92 Å². The molecule has 1 fully saturated rings. The normalized spacial score (nSPS) is 28.2. The first-order valence-corrected chi connectivity index (χ1v) is 6.54. The monoisotopic (exact) mass is 214 g/mol. The van der Waals surface area contributed by atoms with E-state index < -0.39 is 0 Å². The van der Waals surface area contributed by atoms with Crippen molar-refractivity contribution in [1.82, 2.24) is 10.2 Å². The van der Waals surface area contributed by atoms with Crippen LogP contribution in [-0.4, -0.2) is 37.1 Å². The smallest absolute Gasteiger partial charge is 0.0108 e. The lowest BCUT2D eigenvalue weighted by molar-refractivity contribution is 0.278. The fraction of sp³-hybridized carbons (Fsp3) is 1.00. The molecule has 1 saturated heterocycles. The molecule has 0 spiro atoms. The molecular formula is C13H30N2. The van der Waals surface area contributed by atoms with Crippen molar-refractivity contribution >= 4 is 0 Å². The van der Waals surface area contributed by atoms with Crippen molar-refractivity contribution < 1.29 is 0 Å². The molecule has 0 amide bonds. The summed E-state index contributed by atoms with van der Waals surface area (Å²) in [5.41, 5.74) is 0. The van der Waals surface area contributed by atoms with Gasteiger partial charge in [0.15, 0.2) is 0 Å². The van der Waals surface area contributed by atoms with E-state index in [1.54, 1.807) is 0 Å². The van der Waals surface area contributed by atoms with Crippen LogP contribution in [0.5, 0.6) is 0 Å². The standard InChI is InChI=1S/C11H24N2.C2H6/c1-9(2)12-11-6-5-7-13(4)8-10(11)3;1-2/h9-12H,5-8H2,1-4H3;1-2H3. The molecule has 15 heavy (non-hydrogen) atoms. The second-order valence-corrected chi connectivity index (χ2v) is 4.81. The molecule has 1 N–H and O–H groups in total. The van der Waals surface area contributed by atoms with Crippen LogP contribution >= 0.6 is 0 Å². The van der Waals surface area contributed by atoms with Crippen molar-refractivity contribution in [2.45, 2.75) is 59.5 Å². The molecule has 0 aromatic carbocycles. The average molecular weight is 214 g/mol. The first-order chi connectivity index (χ1) is 7.09. The van der Waals surface area contributed by atoms with E-state index in [1.807, 2.05) is 13.8 Å². The molecule has 0 aromatic heterocycles. The first kappa shape index (κ1) is 14.9. The summed E-state index contributed by atoms with van der Waals surface area (Å²) in [6, 6.07) is 1.35. The number of likely N-dealkylation sites (tertiary alicyclic amines) is 1. The summed E-state index contributed by atoms with van der Waals surface area (Å²) in [6.07, 6.45) is 2.68. The molecule has 92 valence electrons. The van der Waals surface area contributed by atoms with Crippen molar-refractivity contribution in [3.8, 4) is 0 Å². The zero-order valence-corrected chi connectivity index (χ0v) is 11.5. The lowest BCUT2D eigenvalue weighted by atomic mass is 9.98. The van der Waals surface area contributed by atoms with Gasteiger partial charge in [-0.3, -0.25) is 0 Å². The maximum absolute atomic E-state index is 3.67. The summed E-state index contributed by atoms with van der Waals surface area (Å²) in [7, 11) is 2.23. The van der Waals surface area contributed by atoms with Gasteiger partial charge in [-0.1, -0.05) is 34.6 Å². The van der Waals surface area contributed by atoms with E-state index in [9.17, 15) is 0 Å². The maximum Gasteiger partial charge on any atom is 0.0108 e. The Morgan fingerprint density at radius 1 is 1.27 bits per heavy atom. The van der Waals surface area contributed by atoms with Crippen molar-refractivity contribution in [3.63, 3.8) is 0 Å². The maximum atomic E-state index is 3.67. The van der Waals surface area contributed by atoms with Crippen LogP contribution in [0, 0.1) is 5.92 Å². The molecule has 2 nitrogen and oxygen atoms in total. The summed E-state index contributed by atoms with van der Waals surface area (Å²) in [6.45, 7) is 13.3. The summed E-state index contributed by atoms with van der Waals surface area (Å²) < 4.78 is 0. The van der Waals surface area contributed by atoms with Crippen LogP contribution < -0.4 is 5.32 Å². The number of nitrogens with zero attached hydrogens (tertiary/aromatic N) is 1. The summed E-state index contributed by atoms with van der Waals surface area (Å²) >= 11 is 0. The van der Waals surface area contributed by atoms with Crippen LogP contribution in [0.15, 0.2) is 0 Å². The van der Waals surface area contributed by atoms with Gasteiger partial charge in [0, 0.05) is 18.6 Å². The van der Waals surface area contributed by atoms with E-state index in [1.165, 1.54) is 25.9 Å². The molecule has 0 radical (unpaired) electrons. The largest absolute Gasteiger partial charge is 0.311 e. The zero-order chi connectivity index (χ0) is 11.8. The van der Waals surface area contributed by atoms with E-state index in [0.717, 1.165) is 12.0 Å². The zero-order valence-electron chi connectivity index (χ0n) is 11.5. The highest BCUT2D eigenvalue weighted by Crippen LogP contribution is 2.16. The number of rotatable bonds is 2. The second-order valence-electron chi connectivity index (χ2n) is 4.81. The third-order valence-electron chi connectivity index (χ3n) is 2.89. The molecule has 1 rings (SSSR count). The highest BCUT2D eigenvalue weighted by atomic mass is 15.1. The Hall–Kier alpha value is -0.0800. The van der Waals surface area contributed by atoms with Gasteiger partial charge in [-0.2, -0.15) is 0 Å². The van der Waals surface area contributed by atoms with Crippen molar-refractivity contribution in [3.05, 3.63) is 0 Å². The average Bonchev–Trinajstić information content (AvgIpc) is 2.31. The predicted octanol–water partition coefficient (Wildman–Crippen LogP) is 2.74. The van der Waals surface area contributed by atoms with Crippen molar-refractivity contribution in [1.29, 1.82) is 0 Å². The fourth-order valence-corrected chi connectivity index (χ4v) is 2.25. The van der Waals surface area contributed by atoms with Crippen LogP contribution in [0.2, 0.25) is 0 Å². The van der Waals surface area contributed by atoms with E-state index in [0.29, 0.717) is 6.04 Å². The van der Waals surface area contributed by atoms with Gasteiger partial charge in [0.05, 0.1) is 0 Å². The second kappa shape index (κ2) is 8.12. The molecule has 1 heterocycles. The van der Waals surface area contributed by atoms with Crippen molar-refractivity contribution in [2.75, 3.05) is 20.1 Å². The van der Waals surface area contributed by atoms with Crippen LogP contribution in [0.3, 0.4) is 0 Å². The highest BCUT2D eigenvalue weighted by Gasteiger charge is 2.21. The predicted molar refractivity (Wildman–Crippen MR) is 69.3 cm³/mol. The van der Waals surface area contributed by atoms with Gasteiger partial charge in [0.1, 0.15) is 0 Å². The fourth-order valence-electron chi connectivity index (χ4n) is 2.25. The van der Waals surface area contributed by atoms with Crippen LogP contribution in [-0.2, 0) is 0 Å². The van der Waals surface area contributed by atoms with Crippen LogP contribution in [0.1, 0.15) is 47.5 Å². The van der Waals surface area contributed by atoms with Gasteiger partial charge in [0.2, 0.25) is 0 Å². The topological polar surface area (TPSA) is 15.3 Å². The van der Waals surface area contributed by atoms with Gasteiger partial charge < -0.3 is 10.2 Å². The molecule has 0 aliphatic carbocycles. The first-order valence-electron chi connectivity index (χ1n) is 6.54. The Morgan fingerprint density at radius 3 is 2.40 bits per heavy atom. The summed E-state index contributed by atoms with van der Waals surface area (Å²) in [4.78, 5) is 2.45. The Kier molecular flexibility index (Phi) is 8.07. The van der Waals surface area contributed by atoms with E-state index >= 15 is 0 Å². The summed E-state index contributed by atoms with van der Waals surface area (Å²) in [5.74, 6) is 0.787. The van der Waals surface area contributed by atoms with Crippen LogP contribution in [0.25, 0.3) is 0 Å². The minimum absolute atomic E-state index is 0.621. The Balaban J connectivity index is 0.000000921. The molecule has 2 heteroatoms. The minimum Gasteiger partial charge on any atom is -0.311 e. The number of nitrogens with one attached hydrogen (secondary N) is 1. The Morgan fingerprint density at radius 2 is 1.87 bits per heavy atom. The molecule has 1 aliphatic heterocycles. The Labute approximate surface area is 96.4 Å². The molecule has 0 aromatic rings. The van der Waals surface area contributed by atoms with Gasteiger partial charge in [-0.15, -0.1) is 0 Å². The third-order valence-corrected chi connectivity index (χ3v) is 2.89. The van der Waals surface area contributed by atoms with Gasteiger partial charge in [-0.25, -0.2) is 0 Å². The van der Waals surface area contributed by atoms with Gasteiger partial charge in [0.25, 0.3) is 0 Å². The van der Waals surface area contributed by atoms with E-state index in [-0.39, 0.29) is 0 Å². The molecule has 2 atom stereocenters. The number of hydrogen-bond donors (Lipinski definition) is 1. The highest BCUT2D eigenvalue weighted by molar-refractivity contribution is 4.80. The van der Waals surface area contributed by atoms with Gasteiger partial charge >= 0.3 is 0 Å². The van der Waals surface area contributed by atoms with Gasteiger partial charge in [-0.05, 0) is 32.4 Å². The lowest BCUT2D eigenvalue weighted by Gasteiger charge is -2.26. The molecule has 0 bridgehead atoms. The molecule has 0 saturated carbocycles. The van der Waals surface area contributed by atoms with Crippen LogP contribution in [0.4, 0.5) is 0 Å². The van der Waals surface area contributed by atoms with E-state index in [4.69, 9.17) is 0 Å². The molecular weight excluding hydrogens is 184 g/mol. The third kappa shape index (κ3) is 6.16. The number of hydrogen-bond acceptors (Lipinski definition) is 2. The lowest BCUT2D eigenvalue weighted by Crippen LogP contribution is -2.41. The quantitative estimate of drug-likeness (QED) is 0.760. The minimum atomic E-state index is 0.621. The Bertz CT molecular complexity index is 145. The summed E-state index contributed by atoms with van der Waals surface area (Å²) in [5, 5.41) is 3.67. The SMILES string of the molecule is CC.CC(C)NC1CCCN(C)CC1C. The van der Waals surface area contributed by atoms with E-state index in [2.05, 4.69) is 38.0 Å². The molecule has 1 aliphatic rings. The molecule has 2 unspecified atom stereocenters.